The van der Waals surface area contributed by atoms with E-state index in [0.717, 1.165) is 12.1 Å². The number of nitrogens with zero attached hydrogens (tertiary/aromatic N) is 8. The molecule has 2 aromatic heterocycles. The van der Waals surface area contributed by atoms with Crippen LogP contribution in [0.5, 0.6) is 0 Å². The van der Waals surface area contributed by atoms with Crippen molar-refractivity contribution in [3.05, 3.63) is 108 Å². The Balaban J connectivity index is 0.00000321. The Morgan fingerprint density at radius 3 is 1.24 bits per heavy atom. The van der Waals surface area contributed by atoms with Gasteiger partial charge in [0.2, 0.25) is 23.8 Å². The number of nitrogens with one attached hydrogen (secondary N) is 2. The number of para-hydroxylation sites is 2. The Labute approximate surface area is 402 Å². The first-order valence-corrected chi connectivity index (χ1v) is 21.5. The second kappa shape index (κ2) is 20.8. The van der Waals surface area contributed by atoms with Gasteiger partial charge in [0.25, 0.3) is 0 Å². The topological polar surface area (TPSA) is 241 Å². The van der Waals surface area contributed by atoms with Crippen LogP contribution in [0.1, 0.15) is 11.1 Å². The van der Waals surface area contributed by atoms with Gasteiger partial charge in [-0.15, -0.1) is 0 Å². The monoisotopic (exact) mass is 894 g/mol. The van der Waals surface area contributed by atoms with Gasteiger partial charge in [-0.3, -0.25) is 0 Å². The third kappa shape index (κ3) is 11.8. The molecule has 4 heterocycles. The second-order valence-electron chi connectivity index (χ2n) is 13.5. The smallest absolute Gasteiger partial charge is 0.744 e. The molecular formula is C40H36N10Na2O8S2. The van der Waals surface area contributed by atoms with Gasteiger partial charge in [0, 0.05) is 48.7 Å². The summed E-state index contributed by atoms with van der Waals surface area (Å²) in [6.07, 6.45) is 2.49. The fourth-order valence-corrected chi connectivity index (χ4v) is 7.84. The molecular weight excluding hydrogens is 859 g/mol. The Morgan fingerprint density at radius 2 is 0.887 bits per heavy atom. The summed E-state index contributed by atoms with van der Waals surface area (Å²) in [5.41, 5.74) is 1.68. The molecule has 6 aromatic rings. The van der Waals surface area contributed by atoms with Gasteiger partial charge >= 0.3 is 59.1 Å². The van der Waals surface area contributed by atoms with Crippen LogP contribution in [0.25, 0.3) is 34.9 Å². The number of rotatable bonds is 12. The molecule has 0 atom stereocenters. The Hall–Kier alpha value is -4.42. The molecule has 2 aliphatic heterocycles. The zero-order valence-corrected chi connectivity index (χ0v) is 39.3. The van der Waals surface area contributed by atoms with Crippen molar-refractivity contribution in [3.8, 4) is 22.8 Å². The second-order valence-corrected chi connectivity index (χ2v) is 16.2. The van der Waals surface area contributed by atoms with Crippen LogP contribution >= 0.6 is 0 Å². The minimum absolute atomic E-state index is 0. The van der Waals surface area contributed by atoms with Crippen LogP contribution in [0, 0.1) is 0 Å². The summed E-state index contributed by atoms with van der Waals surface area (Å²) in [5, 5.41) is 6.29. The zero-order valence-electron chi connectivity index (χ0n) is 33.7. The number of benzene rings is 4. The van der Waals surface area contributed by atoms with E-state index in [1.54, 1.807) is 0 Å². The molecule has 18 nitrogen and oxygen atoms in total. The van der Waals surface area contributed by atoms with E-state index in [1.165, 1.54) is 36.4 Å². The van der Waals surface area contributed by atoms with Gasteiger partial charge in [-0.05, 0) is 47.5 Å². The van der Waals surface area contributed by atoms with E-state index in [4.69, 9.17) is 9.47 Å². The van der Waals surface area contributed by atoms with E-state index in [2.05, 4.69) is 40.5 Å². The number of ether oxygens (including phenoxy) is 2. The van der Waals surface area contributed by atoms with Crippen LogP contribution in [-0.4, -0.2) is 108 Å². The summed E-state index contributed by atoms with van der Waals surface area (Å²) in [6, 6.07) is 26.5. The first-order chi connectivity index (χ1) is 29.0. The van der Waals surface area contributed by atoms with E-state index < -0.39 is 30.0 Å². The summed E-state index contributed by atoms with van der Waals surface area (Å²) >= 11 is 0. The molecule has 4 aromatic carbocycles. The van der Waals surface area contributed by atoms with Crippen LogP contribution in [0.2, 0.25) is 0 Å². The summed E-state index contributed by atoms with van der Waals surface area (Å²) in [7, 11) is -10.2. The molecule has 308 valence electrons. The third-order valence-electron chi connectivity index (χ3n) is 9.42. The predicted molar refractivity (Wildman–Crippen MR) is 221 cm³/mol. The van der Waals surface area contributed by atoms with Crippen LogP contribution < -0.4 is 79.5 Å². The predicted octanol–water partition coefficient (Wildman–Crippen LogP) is -1.46. The molecule has 62 heavy (non-hydrogen) atoms. The first-order valence-electron chi connectivity index (χ1n) is 18.7. The molecule has 2 aliphatic rings. The molecule has 22 heteroatoms. The maximum Gasteiger partial charge on any atom is 1.00 e. The minimum atomic E-state index is -5.11. The van der Waals surface area contributed by atoms with E-state index in [-0.39, 0.29) is 105 Å². The number of hydrogen-bond donors (Lipinski definition) is 2. The summed E-state index contributed by atoms with van der Waals surface area (Å²) in [6.45, 7) is 3.88. The molecule has 8 rings (SSSR count). The minimum Gasteiger partial charge on any atom is -0.744 e. The first kappa shape index (κ1) is 47.1. The number of hydrogen-bond acceptors (Lipinski definition) is 18. The van der Waals surface area contributed by atoms with Crippen molar-refractivity contribution in [2.45, 2.75) is 9.79 Å². The molecule has 0 spiro atoms. The maximum absolute atomic E-state index is 12.7. The molecule has 0 aliphatic carbocycles. The number of morpholine rings is 2. The van der Waals surface area contributed by atoms with Crippen LogP contribution in [-0.2, 0) is 29.7 Å². The van der Waals surface area contributed by atoms with Crippen molar-refractivity contribution >= 4 is 67.6 Å². The normalized spacial score (nSPS) is 14.5. The summed E-state index contributed by atoms with van der Waals surface area (Å²) in [4.78, 5) is 30.0. The Kier molecular flexibility index (Phi) is 15.8. The number of anilines is 6. The van der Waals surface area contributed by atoms with Gasteiger partial charge in [-0.25, -0.2) is 16.8 Å². The average Bonchev–Trinajstić information content (AvgIpc) is 3.26. The Morgan fingerprint density at radius 1 is 0.516 bits per heavy atom. The van der Waals surface area contributed by atoms with Gasteiger partial charge in [0.15, 0.2) is 11.6 Å². The van der Waals surface area contributed by atoms with Crippen LogP contribution in [0.4, 0.5) is 35.2 Å². The van der Waals surface area contributed by atoms with Crippen molar-refractivity contribution in [3.63, 3.8) is 0 Å². The number of aromatic nitrogens is 6. The fourth-order valence-electron chi connectivity index (χ4n) is 6.45. The van der Waals surface area contributed by atoms with Crippen molar-refractivity contribution in [2.75, 3.05) is 73.0 Å². The van der Waals surface area contributed by atoms with Crippen molar-refractivity contribution in [1.82, 2.24) is 29.9 Å². The molecule has 0 amide bonds. The fraction of sp³-hybridized carbons (Fsp3) is 0.200. The van der Waals surface area contributed by atoms with E-state index in [0.29, 0.717) is 75.9 Å². The standard InChI is InChI=1S/C40H38N10O8S2.2Na/c51-59(52,53)33-25-29(35-43-37(41-31-7-3-1-4-8-31)47-39(45-35)49-17-21-57-22-18-49)15-13-27(33)11-12-28-14-16-30(26-34(28)60(54,55)56)36-44-38(42-32-9-5-2-6-10-32)48-40(46-36)50-19-23-58-24-20-50;;/h1-16,25-26H,17-24H2,(H,51,52,53)(H,54,55,56)(H,41,43,45,47)(H,42,44,46,48);;/q;2*+1/p-2. The van der Waals surface area contributed by atoms with E-state index in [9.17, 15) is 25.9 Å². The third-order valence-corrected chi connectivity index (χ3v) is 11.2. The SMILES string of the molecule is O=S(=O)([O-])c1cc(-c2nc(Nc3ccccc3)nc(N3CCOCC3)n2)ccc1C=Cc1ccc(-c2nc(Nc3ccccc3)nc(N3CCOCC3)n2)cc1S(=O)(=O)[O-].[Na+].[Na+]. The van der Waals surface area contributed by atoms with E-state index in [1.807, 2.05) is 70.5 Å². The average molecular weight is 895 g/mol. The van der Waals surface area contributed by atoms with Gasteiger partial charge in [-0.2, -0.15) is 29.9 Å². The molecule has 0 bridgehead atoms. The van der Waals surface area contributed by atoms with Crippen molar-refractivity contribution < 1.29 is 94.5 Å². The summed E-state index contributed by atoms with van der Waals surface area (Å²) in [5.74, 6) is 1.22. The van der Waals surface area contributed by atoms with Crippen LogP contribution in [0.3, 0.4) is 0 Å². The molecule has 2 N–H and O–H groups in total. The van der Waals surface area contributed by atoms with Crippen molar-refractivity contribution in [1.29, 1.82) is 0 Å². The van der Waals surface area contributed by atoms with Gasteiger partial charge < -0.3 is 39.0 Å². The molecule has 2 fully saturated rings. The van der Waals surface area contributed by atoms with Crippen LogP contribution in [0.15, 0.2) is 107 Å². The van der Waals surface area contributed by atoms with Crippen molar-refractivity contribution in [2.24, 2.45) is 0 Å². The zero-order chi connectivity index (χ0) is 41.7. The van der Waals surface area contributed by atoms with Gasteiger partial charge in [0.05, 0.1) is 36.2 Å². The molecule has 0 radical (unpaired) electrons. The van der Waals surface area contributed by atoms with Gasteiger partial charge in [-0.1, -0.05) is 72.8 Å². The molecule has 2 saturated heterocycles. The Bertz CT molecular complexity index is 2580. The largest absolute Gasteiger partial charge is 1.00 e. The quantitative estimate of drug-likeness (QED) is 0.0811. The van der Waals surface area contributed by atoms with E-state index >= 15 is 0 Å². The maximum atomic E-state index is 12.7. The summed E-state index contributed by atoms with van der Waals surface area (Å²) < 4.78 is 87.3. The van der Waals surface area contributed by atoms with Gasteiger partial charge in [0.1, 0.15) is 20.2 Å². The molecule has 0 unspecified atom stereocenters. The molecule has 0 saturated carbocycles.